The average molecular weight is 468 g/mol. The molecule has 2 fully saturated rings. The minimum Gasteiger partial charge on any atom is -0.386 e. The first-order chi connectivity index (χ1) is 15.1. The number of unbranched alkanes of at least 4 members (excludes halogenated alkanes) is 3. The van der Waals surface area contributed by atoms with Crippen LogP contribution in [0, 0.1) is 0 Å². The Kier molecular flexibility index (Phi) is 5.82. The van der Waals surface area contributed by atoms with Crippen molar-refractivity contribution in [3.63, 3.8) is 0 Å². The topological polar surface area (TPSA) is 113 Å². The van der Waals surface area contributed by atoms with E-state index in [0.717, 1.165) is 18.5 Å². The highest BCUT2D eigenvalue weighted by molar-refractivity contribution is 6.35. The zero-order valence-electron chi connectivity index (χ0n) is 16.9. The molecule has 3 aromatic rings. The van der Waals surface area contributed by atoms with Crippen LogP contribution in [0.3, 0.4) is 0 Å². The number of aliphatic hydroxyl groups is 1. The molecule has 5 heterocycles. The number of hydrogen-bond acceptors (Lipinski definition) is 8. The lowest BCUT2D eigenvalue weighted by molar-refractivity contribution is -0.0589. The molecule has 2 aliphatic rings. The van der Waals surface area contributed by atoms with E-state index in [2.05, 4.69) is 32.2 Å². The molecule has 0 unspecified atom stereocenters. The molecule has 1 N–H and O–H groups in total. The molecule has 0 spiro atoms. The summed E-state index contributed by atoms with van der Waals surface area (Å²) in [6.07, 6.45) is 6.51. The smallest absolute Gasteiger partial charge is 0.225 e. The number of hydrogen-bond donors (Lipinski definition) is 1. The largest absolute Gasteiger partial charge is 0.386 e. The van der Waals surface area contributed by atoms with E-state index in [1.807, 2.05) is 6.20 Å². The Morgan fingerprint density at radius 3 is 2.90 bits per heavy atom. The van der Waals surface area contributed by atoms with E-state index in [0.29, 0.717) is 17.8 Å². The molecule has 0 bridgehead atoms. The van der Waals surface area contributed by atoms with Crippen LogP contribution in [0.5, 0.6) is 0 Å². The molecule has 5 rings (SSSR count). The number of fused-ring (bicyclic) bond motifs is 2. The maximum Gasteiger partial charge on any atom is 0.225 e. The summed E-state index contributed by atoms with van der Waals surface area (Å²) in [7, 11) is 0. The summed E-state index contributed by atoms with van der Waals surface area (Å²) < 4.78 is 15.5. The van der Waals surface area contributed by atoms with Gasteiger partial charge in [-0.3, -0.25) is 4.57 Å². The van der Waals surface area contributed by atoms with Crippen LogP contribution in [-0.2, 0) is 15.9 Å². The lowest BCUT2D eigenvalue weighted by Crippen LogP contribution is -2.31. The number of nitrogens with zero attached hydrogens (tertiary/aromatic N) is 7. The zero-order valence-corrected chi connectivity index (χ0v) is 18.4. The van der Waals surface area contributed by atoms with Crippen molar-refractivity contribution in [1.82, 2.24) is 34.5 Å². The molecule has 5 atom stereocenters. The molecule has 0 radical (unpaired) electrons. The Labute approximate surface area is 188 Å². The predicted molar refractivity (Wildman–Crippen MR) is 112 cm³/mol. The molecular weight excluding hydrogens is 445 g/mol. The highest BCUT2D eigenvalue weighted by Crippen LogP contribution is 2.42. The Morgan fingerprint density at radius 2 is 2.06 bits per heavy atom. The van der Waals surface area contributed by atoms with Crippen molar-refractivity contribution >= 4 is 34.4 Å². The van der Waals surface area contributed by atoms with Gasteiger partial charge in [-0.05, 0) is 24.4 Å². The van der Waals surface area contributed by atoms with Gasteiger partial charge in [0.25, 0.3) is 0 Å². The van der Waals surface area contributed by atoms with Crippen LogP contribution in [0.25, 0.3) is 11.2 Å². The lowest BCUT2D eigenvalue weighted by Gasteiger charge is -2.20. The highest BCUT2D eigenvalue weighted by Gasteiger charge is 2.54. The number of ether oxygens (including phenoxy) is 2. The quantitative estimate of drug-likeness (QED) is 0.320. The minimum atomic E-state index is -0.919. The number of imidazole rings is 1. The SMILES string of the molecule is CCCCCCc1cn([C@H]2CO[C@@H]3[C@@H](O)[C@H](n4cnc5c(Cl)nc(Cl)nc54)O[C@@H]32)nn1. The molecular formula is C19H23Cl2N7O3. The van der Waals surface area contributed by atoms with Crippen molar-refractivity contribution in [3.05, 3.63) is 28.7 Å². The molecule has 0 amide bonds. The van der Waals surface area contributed by atoms with Crippen molar-refractivity contribution in [2.45, 2.75) is 69.6 Å². The van der Waals surface area contributed by atoms with Gasteiger partial charge in [-0.25, -0.2) is 14.6 Å². The van der Waals surface area contributed by atoms with Gasteiger partial charge < -0.3 is 14.6 Å². The van der Waals surface area contributed by atoms with Gasteiger partial charge >= 0.3 is 0 Å². The Morgan fingerprint density at radius 1 is 1.19 bits per heavy atom. The molecule has 2 saturated heterocycles. The van der Waals surface area contributed by atoms with Gasteiger partial charge in [0.05, 0.1) is 18.6 Å². The maximum atomic E-state index is 10.9. The van der Waals surface area contributed by atoms with Crippen LogP contribution < -0.4 is 0 Å². The molecule has 12 heteroatoms. The third kappa shape index (κ3) is 3.80. The number of aromatic nitrogens is 7. The fourth-order valence-corrected chi connectivity index (χ4v) is 4.73. The average Bonchev–Trinajstić information content (AvgIpc) is 3.50. The first-order valence-corrected chi connectivity index (χ1v) is 11.2. The second kappa shape index (κ2) is 8.59. The predicted octanol–water partition coefficient (Wildman–Crippen LogP) is 2.75. The van der Waals surface area contributed by atoms with Gasteiger partial charge in [0.1, 0.15) is 29.9 Å². The minimum absolute atomic E-state index is 0.00450. The van der Waals surface area contributed by atoms with Crippen LogP contribution in [-0.4, -0.2) is 64.5 Å². The van der Waals surface area contributed by atoms with E-state index in [1.54, 1.807) is 9.25 Å². The summed E-state index contributed by atoms with van der Waals surface area (Å²) >= 11 is 12.1. The first kappa shape index (κ1) is 21.0. The molecule has 3 aromatic heterocycles. The fraction of sp³-hybridized carbons (Fsp3) is 0.632. The molecule has 10 nitrogen and oxygen atoms in total. The molecule has 0 saturated carbocycles. The number of rotatable bonds is 7. The van der Waals surface area contributed by atoms with Crippen LogP contribution >= 0.6 is 23.2 Å². The van der Waals surface area contributed by atoms with Crippen LogP contribution in [0.1, 0.15) is 50.6 Å². The zero-order chi connectivity index (χ0) is 21.5. The first-order valence-electron chi connectivity index (χ1n) is 10.5. The summed E-state index contributed by atoms with van der Waals surface area (Å²) in [6, 6.07) is -0.182. The van der Waals surface area contributed by atoms with Gasteiger partial charge in [-0.15, -0.1) is 5.10 Å². The number of aryl methyl sites for hydroxylation is 1. The Bertz CT molecular complexity index is 1070. The fourth-order valence-electron chi connectivity index (χ4n) is 4.31. The van der Waals surface area contributed by atoms with E-state index in [4.69, 9.17) is 32.7 Å². The van der Waals surface area contributed by atoms with E-state index in [-0.39, 0.29) is 22.6 Å². The van der Waals surface area contributed by atoms with Crippen molar-refractivity contribution < 1.29 is 14.6 Å². The molecule has 0 aromatic carbocycles. The van der Waals surface area contributed by atoms with Crippen molar-refractivity contribution in [2.75, 3.05) is 6.61 Å². The van der Waals surface area contributed by atoms with Crippen LogP contribution in [0.4, 0.5) is 0 Å². The third-order valence-corrected chi connectivity index (χ3v) is 6.33. The van der Waals surface area contributed by atoms with Crippen molar-refractivity contribution in [1.29, 1.82) is 0 Å². The third-order valence-electron chi connectivity index (χ3n) is 5.90. The van der Waals surface area contributed by atoms with Crippen molar-refractivity contribution in [2.24, 2.45) is 0 Å². The van der Waals surface area contributed by atoms with E-state index >= 15 is 0 Å². The maximum absolute atomic E-state index is 10.9. The van der Waals surface area contributed by atoms with Gasteiger partial charge in [-0.2, -0.15) is 4.98 Å². The van der Waals surface area contributed by atoms with E-state index < -0.39 is 18.4 Å². The summed E-state index contributed by atoms with van der Waals surface area (Å²) in [4.78, 5) is 12.3. The van der Waals surface area contributed by atoms with E-state index in [1.165, 1.54) is 25.6 Å². The Balaban J connectivity index is 1.34. The van der Waals surface area contributed by atoms with Gasteiger partial charge in [-0.1, -0.05) is 43.0 Å². The van der Waals surface area contributed by atoms with E-state index in [9.17, 15) is 5.11 Å². The highest BCUT2D eigenvalue weighted by atomic mass is 35.5. The van der Waals surface area contributed by atoms with Gasteiger partial charge in [0.15, 0.2) is 17.0 Å². The summed E-state index contributed by atoms with van der Waals surface area (Å²) in [5.74, 6) is 0. The molecule has 0 aliphatic carbocycles. The van der Waals surface area contributed by atoms with Crippen LogP contribution in [0.15, 0.2) is 12.5 Å². The summed E-state index contributed by atoms with van der Waals surface area (Å²) in [6.45, 7) is 2.58. The van der Waals surface area contributed by atoms with Crippen LogP contribution in [0.2, 0.25) is 10.4 Å². The molecule has 2 aliphatic heterocycles. The summed E-state index contributed by atoms with van der Waals surface area (Å²) in [5.41, 5.74) is 1.73. The molecule has 166 valence electrons. The van der Waals surface area contributed by atoms with Gasteiger partial charge in [0.2, 0.25) is 5.28 Å². The number of halogens is 2. The second-order valence-electron chi connectivity index (χ2n) is 7.96. The summed E-state index contributed by atoms with van der Waals surface area (Å²) in [5, 5.41) is 19.6. The van der Waals surface area contributed by atoms with Gasteiger partial charge in [0, 0.05) is 6.20 Å². The monoisotopic (exact) mass is 467 g/mol. The lowest BCUT2D eigenvalue weighted by atomic mass is 10.1. The Hall–Kier alpha value is -1.85. The van der Waals surface area contributed by atoms with Crippen molar-refractivity contribution in [3.8, 4) is 0 Å². The normalized spacial score (nSPS) is 27.9. The molecule has 31 heavy (non-hydrogen) atoms. The number of aliphatic hydroxyl groups excluding tert-OH is 1. The standard InChI is InChI=1S/C19H23Cl2N7O3/c1-2-3-4-5-6-10-7-28(26-25-10)11-8-30-15-13(29)18(31-14(11)15)27-9-22-12-16(20)23-19(21)24-17(12)27/h7,9,11,13-15,18,29H,2-6,8H2,1H3/t11-,13+,14+,15+,18+/m0/s1. The second-order valence-corrected chi connectivity index (χ2v) is 8.65.